The highest BCUT2D eigenvalue weighted by molar-refractivity contribution is 7.26. The van der Waals surface area contributed by atoms with Crippen molar-refractivity contribution in [2.45, 2.75) is 64.2 Å². The van der Waals surface area contributed by atoms with E-state index in [9.17, 15) is 0 Å². The average Bonchev–Trinajstić information content (AvgIpc) is 1.53. The van der Waals surface area contributed by atoms with Crippen LogP contribution >= 0.6 is 22.7 Å². The minimum Gasteiger partial charge on any atom is -0.136 e. The molecule has 96 heavy (non-hydrogen) atoms. The van der Waals surface area contributed by atoms with Crippen LogP contribution in [0.1, 0.15) is 89.9 Å². The van der Waals surface area contributed by atoms with E-state index in [0.29, 0.717) is 0 Å². The standard InChI is InChI=1S/C94H64S2/c1-93(2)79-44-41-72-71(43-46-84-91(72)78-28-13-14-30-83(78)95-84)89(79)76-38-34-61(51-82(76)93)88-69-26-11-9-24-67(69)87(68-25-10-12-27-70(68)88)59-21-15-19-56(49-59)62-29-16-20-55-47-53(31-35-63(55)62)54-32-36-66-74-40-39-73-75(92(74)96-85(66)52-54)42-45-80-90(73)77-37-33-60(50-81(77)94(80,3)4)86-64-22-7-5-17-57(64)48-58-18-6-8-23-65(58)86/h5-12,14-27,29-30,32-34,36-52H,13,28,31,35H2,1-4H3. The van der Waals surface area contributed by atoms with Gasteiger partial charge in [-0.3, -0.25) is 0 Å². The fraction of sp³-hybridized carbons (Fsp3) is 0.106. The lowest BCUT2D eigenvalue weighted by molar-refractivity contribution is 0.661. The number of fused-ring (bicyclic) bond motifs is 23. The first kappa shape index (κ1) is 54.9. The van der Waals surface area contributed by atoms with Crippen molar-refractivity contribution in [1.82, 2.24) is 0 Å². The van der Waals surface area contributed by atoms with Gasteiger partial charge in [-0.2, -0.15) is 0 Å². The molecule has 15 aromatic carbocycles. The van der Waals surface area contributed by atoms with Gasteiger partial charge in [0.05, 0.1) is 0 Å². The van der Waals surface area contributed by atoms with Gasteiger partial charge in [0.25, 0.3) is 0 Å². The Hall–Kier alpha value is -10.5. The molecular formula is C94H64S2. The third-order valence-corrected chi connectivity index (χ3v) is 25.4. The lowest BCUT2D eigenvalue weighted by atomic mass is 9.80. The van der Waals surface area contributed by atoms with Crippen molar-refractivity contribution < 1.29 is 0 Å². The van der Waals surface area contributed by atoms with Crippen molar-refractivity contribution in [3.63, 3.8) is 0 Å². The summed E-state index contributed by atoms with van der Waals surface area (Å²) in [5.74, 6) is 0. The van der Waals surface area contributed by atoms with E-state index in [1.807, 2.05) is 22.7 Å². The van der Waals surface area contributed by atoms with E-state index < -0.39 is 0 Å². The van der Waals surface area contributed by atoms with Crippen molar-refractivity contribution in [2.75, 3.05) is 0 Å². The summed E-state index contributed by atoms with van der Waals surface area (Å²) in [5, 5.41) is 19.9. The van der Waals surface area contributed by atoms with Gasteiger partial charge in [0.15, 0.2) is 0 Å². The maximum Gasteiger partial charge on any atom is 0.0434 e. The van der Waals surface area contributed by atoms with E-state index in [1.54, 1.807) is 0 Å². The second-order valence-corrected chi connectivity index (χ2v) is 30.8. The van der Waals surface area contributed by atoms with Crippen LogP contribution in [0.2, 0.25) is 0 Å². The topological polar surface area (TPSA) is 0 Å². The Kier molecular flexibility index (Phi) is 11.5. The highest BCUT2D eigenvalue weighted by Gasteiger charge is 2.39. The molecular weight excluding hydrogens is 1190 g/mol. The molecule has 0 atom stereocenters. The number of hydrogen-bond donors (Lipinski definition) is 0. The second-order valence-electron chi connectivity index (χ2n) is 28.7. The van der Waals surface area contributed by atoms with Gasteiger partial charge in [0.1, 0.15) is 0 Å². The van der Waals surface area contributed by atoms with Gasteiger partial charge in [0, 0.05) is 51.4 Å². The first-order valence-corrected chi connectivity index (χ1v) is 35.9. The number of allylic oxidation sites excluding steroid dienone is 2. The quantitative estimate of drug-likeness (QED) is 0.151. The summed E-state index contributed by atoms with van der Waals surface area (Å²) in [7, 11) is 0. The summed E-state index contributed by atoms with van der Waals surface area (Å²) in [6.07, 6.45) is 11.4. The van der Waals surface area contributed by atoms with Gasteiger partial charge in [-0.1, -0.05) is 252 Å². The van der Waals surface area contributed by atoms with Gasteiger partial charge < -0.3 is 0 Å². The molecule has 4 aliphatic carbocycles. The monoisotopic (exact) mass is 1260 g/mol. The van der Waals surface area contributed by atoms with E-state index in [0.717, 1.165) is 25.7 Å². The third-order valence-electron chi connectivity index (χ3n) is 23.0. The van der Waals surface area contributed by atoms with Crippen LogP contribution in [-0.2, 0) is 23.7 Å². The molecule has 0 bridgehead atoms. The molecule has 0 spiro atoms. The van der Waals surface area contributed by atoms with Crippen LogP contribution in [-0.4, -0.2) is 0 Å². The SMILES string of the molecule is CC1(C)c2cc(-c3c4ccccc4cc4ccccc34)ccc2-c2c1ccc1c2ccc2c3ccc(C4=Cc5cccc(-c6cccc(-c7c8ccccc8c(-c8ccc9c(c8)C(C)(C)c8ccc%10c(ccc%11sc%12c(c%11%10)CCC=C%12)c8-9)c8ccccc78)c6)c5CC4)cc3sc12. The molecule has 0 N–H and O–H groups in total. The Labute approximate surface area is 566 Å². The second kappa shape index (κ2) is 20.0. The van der Waals surface area contributed by atoms with E-state index in [-0.39, 0.29) is 10.8 Å². The van der Waals surface area contributed by atoms with Crippen LogP contribution in [0, 0.1) is 0 Å². The summed E-state index contributed by atoms with van der Waals surface area (Å²) in [4.78, 5) is 1.43. The van der Waals surface area contributed by atoms with E-state index in [2.05, 4.69) is 295 Å². The summed E-state index contributed by atoms with van der Waals surface area (Å²) in [6.45, 7) is 9.72. The molecule has 2 aromatic heterocycles. The molecule has 2 heterocycles. The van der Waals surface area contributed by atoms with E-state index in [4.69, 9.17) is 0 Å². The van der Waals surface area contributed by atoms with Gasteiger partial charge in [-0.15, -0.1) is 22.7 Å². The molecule has 0 saturated carbocycles. The molecule has 0 saturated heterocycles. The Bertz CT molecular complexity index is 6330. The maximum absolute atomic E-state index is 2.54. The lowest BCUT2D eigenvalue weighted by Gasteiger charge is -2.23. The maximum atomic E-state index is 2.54. The predicted molar refractivity (Wildman–Crippen MR) is 417 cm³/mol. The van der Waals surface area contributed by atoms with Crippen LogP contribution in [0.5, 0.6) is 0 Å². The minimum absolute atomic E-state index is 0.153. The Morgan fingerprint density at radius 1 is 0.312 bits per heavy atom. The largest absolute Gasteiger partial charge is 0.136 e. The van der Waals surface area contributed by atoms with Crippen LogP contribution in [0.4, 0.5) is 0 Å². The van der Waals surface area contributed by atoms with E-state index in [1.165, 1.54) is 217 Å². The zero-order chi connectivity index (χ0) is 63.4. The molecule has 0 radical (unpaired) electrons. The van der Waals surface area contributed by atoms with Crippen molar-refractivity contribution >= 4 is 135 Å². The summed E-state index contributed by atoms with van der Waals surface area (Å²) < 4.78 is 4.12. The lowest BCUT2D eigenvalue weighted by Crippen LogP contribution is -2.15. The highest BCUT2D eigenvalue weighted by Crippen LogP contribution is 2.57. The van der Waals surface area contributed by atoms with E-state index >= 15 is 0 Å². The van der Waals surface area contributed by atoms with Crippen LogP contribution in [0.25, 0.3) is 179 Å². The molecule has 0 nitrogen and oxygen atoms in total. The Morgan fingerprint density at radius 3 is 1.51 bits per heavy atom. The van der Waals surface area contributed by atoms with Crippen molar-refractivity contribution in [1.29, 1.82) is 0 Å². The Morgan fingerprint density at radius 2 is 0.833 bits per heavy atom. The fourth-order valence-electron chi connectivity index (χ4n) is 18.5. The smallest absolute Gasteiger partial charge is 0.0434 e. The average molecular weight is 1260 g/mol. The van der Waals surface area contributed by atoms with Crippen molar-refractivity contribution in [3.05, 3.63) is 304 Å². The third kappa shape index (κ3) is 7.66. The molecule has 0 amide bonds. The molecule has 0 aliphatic heterocycles. The first-order chi connectivity index (χ1) is 47.1. The number of benzene rings is 15. The van der Waals surface area contributed by atoms with Gasteiger partial charge in [-0.25, -0.2) is 0 Å². The van der Waals surface area contributed by atoms with Gasteiger partial charge in [-0.05, 0) is 244 Å². The number of thiophene rings is 2. The first-order valence-electron chi connectivity index (χ1n) is 34.3. The number of rotatable bonds is 5. The fourth-order valence-corrected chi connectivity index (χ4v) is 20.9. The molecule has 0 unspecified atom stereocenters. The zero-order valence-electron chi connectivity index (χ0n) is 54.0. The molecule has 452 valence electrons. The summed E-state index contributed by atoms with van der Waals surface area (Å²) in [6, 6.07) is 96.2. The van der Waals surface area contributed by atoms with Crippen LogP contribution in [0.15, 0.2) is 255 Å². The molecule has 4 aliphatic rings. The summed E-state index contributed by atoms with van der Waals surface area (Å²) >= 11 is 3.91. The van der Waals surface area contributed by atoms with Crippen LogP contribution in [0.3, 0.4) is 0 Å². The molecule has 21 rings (SSSR count). The van der Waals surface area contributed by atoms with Crippen molar-refractivity contribution in [2.24, 2.45) is 0 Å². The predicted octanol–water partition coefficient (Wildman–Crippen LogP) is 26.9. The molecule has 17 aromatic rings. The summed E-state index contributed by atoms with van der Waals surface area (Å²) in [5.41, 5.74) is 28.2. The number of aryl methyl sites for hydroxylation is 1. The minimum atomic E-state index is -0.163. The normalized spacial score (nSPS) is 14.9. The van der Waals surface area contributed by atoms with Gasteiger partial charge >= 0.3 is 0 Å². The number of hydrogen-bond acceptors (Lipinski definition) is 2. The highest BCUT2D eigenvalue weighted by atomic mass is 32.1. The Balaban J connectivity index is 0.618. The van der Waals surface area contributed by atoms with Gasteiger partial charge in [0.2, 0.25) is 0 Å². The zero-order valence-corrected chi connectivity index (χ0v) is 55.7. The molecule has 0 fully saturated rings. The molecule has 2 heteroatoms. The van der Waals surface area contributed by atoms with Crippen LogP contribution < -0.4 is 0 Å². The van der Waals surface area contributed by atoms with Crippen molar-refractivity contribution in [3.8, 4) is 66.8 Å².